The fourth-order valence-electron chi connectivity index (χ4n) is 1.66. The van der Waals surface area contributed by atoms with E-state index in [4.69, 9.17) is 19.9 Å². The third kappa shape index (κ3) is 6.90. The molecule has 0 radical (unpaired) electrons. The minimum absolute atomic E-state index is 0.126. The first kappa shape index (κ1) is 15.4. The summed E-state index contributed by atoms with van der Waals surface area (Å²) in [5, 5.41) is 0. The summed E-state index contributed by atoms with van der Waals surface area (Å²) in [6, 6.07) is 0. The van der Waals surface area contributed by atoms with Gasteiger partial charge in [0.2, 0.25) is 5.91 Å². The number of rotatable bonds is 3. The Hall–Kier alpha value is -0.690. The first-order chi connectivity index (χ1) is 8.84. The highest BCUT2D eigenvalue weighted by molar-refractivity contribution is 5.76. The molecule has 1 fully saturated rings. The summed E-state index contributed by atoms with van der Waals surface area (Å²) < 4.78 is 16.1. The summed E-state index contributed by atoms with van der Waals surface area (Å²) in [7, 11) is 0. The number of carbonyl (C=O) groups is 1. The second-order valence-electron chi connectivity index (χ2n) is 4.11. The van der Waals surface area contributed by atoms with Gasteiger partial charge in [-0.3, -0.25) is 4.79 Å². The normalized spacial score (nSPS) is 19.9. The van der Waals surface area contributed by atoms with Crippen LogP contribution in [0, 0.1) is 0 Å². The highest BCUT2D eigenvalue weighted by Gasteiger charge is 2.12. The zero-order chi connectivity index (χ0) is 13.1. The van der Waals surface area contributed by atoms with Crippen LogP contribution in [0.1, 0.15) is 12.8 Å². The molecule has 0 atom stereocenters. The van der Waals surface area contributed by atoms with Crippen LogP contribution >= 0.6 is 0 Å². The van der Waals surface area contributed by atoms with Gasteiger partial charge in [0, 0.05) is 19.5 Å². The van der Waals surface area contributed by atoms with E-state index in [2.05, 4.69) is 0 Å². The van der Waals surface area contributed by atoms with Gasteiger partial charge >= 0.3 is 0 Å². The van der Waals surface area contributed by atoms with E-state index in [0.717, 1.165) is 6.42 Å². The van der Waals surface area contributed by atoms with E-state index in [-0.39, 0.29) is 5.91 Å². The summed E-state index contributed by atoms with van der Waals surface area (Å²) in [6.45, 7) is 5.10. The van der Waals surface area contributed by atoms with Crippen LogP contribution in [0.3, 0.4) is 0 Å². The maximum absolute atomic E-state index is 11.9. The Kier molecular flexibility index (Phi) is 8.75. The zero-order valence-electron chi connectivity index (χ0n) is 10.9. The molecule has 0 aromatic rings. The van der Waals surface area contributed by atoms with E-state index < -0.39 is 0 Å². The van der Waals surface area contributed by atoms with E-state index in [0.29, 0.717) is 65.7 Å². The van der Waals surface area contributed by atoms with Gasteiger partial charge in [-0.15, -0.1) is 0 Å². The SMILES string of the molecule is NCCCC(=O)N1CCOCCOCCOCC1. The molecule has 18 heavy (non-hydrogen) atoms. The highest BCUT2D eigenvalue weighted by Crippen LogP contribution is 1.99. The van der Waals surface area contributed by atoms with Crippen molar-refractivity contribution in [2.24, 2.45) is 5.73 Å². The predicted molar refractivity (Wildman–Crippen MR) is 67.3 cm³/mol. The lowest BCUT2D eigenvalue weighted by Crippen LogP contribution is -2.37. The van der Waals surface area contributed by atoms with Crippen LogP contribution in [-0.4, -0.2) is 70.1 Å². The standard InChI is InChI=1S/C12H24N2O4/c13-3-1-2-12(15)14-4-6-16-8-10-18-11-9-17-7-5-14/h1-11,13H2. The third-order valence-corrected chi connectivity index (χ3v) is 2.70. The van der Waals surface area contributed by atoms with Crippen molar-refractivity contribution in [2.45, 2.75) is 12.8 Å². The van der Waals surface area contributed by atoms with Crippen molar-refractivity contribution in [3.63, 3.8) is 0 Å². The Morgan fingerprint density at radius 3 is 1.94 bits per heavy atom. The Balaban J connectivity index is 2.33. The van der Waals surface area contributed by atoms with Gasteiger partial charge in [0.25, 0.3) is 0 Å². The van der Waals surface area contributed by atoms with E-state index in [1.165, 1.54) is 0 Å². The number of amides is 1. The molecule has 0 saturated carbocycles. The van der Waals surface area contributed by atoms with Crippen LogP contribution in [0.5, 0.6) is 0 Å². The molecule has 1 saturated heterocycles. The quantitative estimate of drug-likeness (QED) is 0.748. The highest BCUT2D eigenvalue weighted by atomic mass is 16.5. The number of ether oxygens (including phenoxy) is 3. The van der Waals surface area contributed by atoms with Gasteiger partial charge in [0.1, 0.15) is 0 Å². The van der Waals surface area contributed by atoms with Crippen molar-refractivity contribution in [1.82, 2.24) is 4.90 Å². The summed E-state index contributed by atoms with van der Waals surface area (Å²) in [5.41, 5.74) is 5.41. The lowest BCUT2D eigenvalue weighted by molar-refractivity contribution is -0.133. The zero-order valence-corrected chi connectivity index (χ0v) is 10.9. The Bertz CT molecular complexity index is 214. The minimum atomic E-state index is 0.126. The molecule has 0 bridgehead atoms. The fourth-order valence-corrected chi connectivity index (χ4v) is 1.66. The van der Waals surface area contributed by atoms with Crippen LogP contribution < -0.4 is 5.73 Å². The first-order valence-corrected chi connectivity index (χ1v) is 6.55. The molecule has 1 rings (SSSR count). The number of nitrogens with zero attached hydrogens (tertiary/aromatic N) is 1. The van der Waals surface area contributed by atoms with Crippen LogP contribution in [-0.2, 0) is 19.0 Å². The lowest BCUT2D eigenvalue weighted by Gasteiger charge is -2.23. The summed E-state index contributed by atoms with van der Waals surface area (Å²) >= 11 is 0. The molecular weight excluding hydrogens is 236 g/mol. The van der Waals surface area contributed by atoms with E-state index in [1.54, 1.807) is 4.90 Å². The second kappa shape index (κ2) is 10.3. The average Bonchev–Trinajstić information content (AvgIpc) is 2.36. The van der Waals surface area contributed by atoms with Crippen LogP contribution in [0.2, 0.25) is 0 Å². The minimum Gasteiger partial charge on any atom is -0.377 e. The number of hydrogen-bond donors (Lipinski definition) is 1. The number of nitrogens with two attached hydrogens (primary N) is 1. The van der Waals surface area contributed by atoms with Crippen molar-refractivity contribution in [1.29, 1.82) is 0 Å². The molecule has 6 nitrogen and oxygen atoms in total. The molecule has 1 aliphatic heterocycles. The molecule has 1 amide bonds. The van der Waals surface area contributed by atoms with Gasteiger partial charge in [0.15, 0.2) is 0 Å². The van der Waals surface area contributed by atoms with Crippen LogP contribution in [0.25, 0.3) is 0 Å². The molecule has 0 unspecified atom stereocenters. The largest absolute Gasteiger partial charge is 0.377 e. The summed E-state index contributed by atoms with van der Waals surface area (Å²) in [4.78, 5) is 13.7. The van der Waals surface area contributed by atoms with Gasteiger partial charge in [0.05, 0.1) is 39.6 Å². The predicted octanol–water partition coefficient (Wildman–Crippen LogP) is -0.383. The summed E-state index contributed by atoms with van der Waals surface area (Å²) in [6.07, 6.45) is 1.23. The topological polar surface area (TPSA) is 74.0 Å². The Morgan fingerprint density at radius 1 is 0.944 bits per heavy atom. The van der Waals surface area contributed by atoms with Gasteiger partial charge in [-0.05, 0) is 13.0 Å². The second-order valence-corrected chi connectivity index (χ2v) is 4.11. The molecular formula is C12H24N2O4. The van der Waals surface area contributed by atoms with Crippen LogP contribution in [0.15, 0.2) is 0 Å². The molecule has 106 valence electrons. The molecule has 1 heterocycles. The van der Waals surface area contributed by atoms with Crippen molar-refractivity contribution in [3.8, 4) is 0 Å². The first-order valence-electron chi connectivity index (χ1n) is 6.55. The third-order valence-electron chi connectivity index (χ3n) is 2.70. The molecule has 1 aliphatic rings. The molecule has 0 aromatic heterocycles. The Morgan fingerprint density at radius 2 is 1.44 bits per heavy atom. The van der Waals surface area contributed by atoms with E-state index in [9.17, 15) is 4.79 Å². The van der Waals surface area contributed by atoms with E-state index >= 15 is 0 Å². The van der Waals surface area contributed by atoms with Crippen molar-refractivity contribution < 1.29 is 19.0 Å². The van der Waals surface area contributed by atoms with Gasteiger partial charge in [-0.25, -0.2) is 0 Å². The average molecular weight is 260 g/mol. The van der Waals surface area contributed by atoms with Crippen LogP contribution in [0.4, 0.5) is 0 Å². The molecule has 0 aromatic carbocycles. The lowest BCUT2D eigenvalue weighted by atomic mass is 10.2. The monoisotopic (exact) mass is 260 g/mol. The van der Waals surface area contributed by atoms with E-state index in [1.807, 2.05) is 0 Å². The molecule has 2 N–H and O–H groups in total. The van der Waals surface area contributed by atoms with Gasteiger partial charge in [-0.2, -0.15) is 0 Å². The molecule has 0 spiro atoms. The van der Waals surface area contributed by atoms with Gasteiger partial charge < -0.3 is 24.8 Å². The molecule has 0 aliphatic carbocycles. The van der Waals surface area contributed by atoms with Gasteiger partial charge in [-0.1, -0.05) is 0 Å². The van der Waals surface area contributed by atoms with Crippen molar-refractivity contribution >= 4 is 5.91 Å². The fraction of sp³-hybridized carbons (Fsp3) is 0.917. The smallest absolute Gasteiger partial charge is 0.222 e. The number of carbonyl (C=O) groups excluding carboxylic acids is 1. The number of hydrogen-bond acceptors (Lipinski definition) is 5. The molecule has 6 heteroatoms. The maximum Gasteiger partial charge on any atom is 0.222 e. The maximum atomic E-state index is 11.9. The van der Waals surface area contributed by atoms with Crippen molar-refractivity contribution in [2.75, 3.05) is 59.3 Å². The summed E-state index contributed by atoms with van der Waals surface area (Å²) in [5.74, 6) is 0.126. The van der Waals surface area contributed by atoms with Crippen molar-refractivity contribution in [3.05, 3.63) is 0 Å². The Labute approximate surface area is 108 Å².